The van der Waals surface area contributed by atoms with E-state index in [0.29, 0.717) is 6.04 Å². The lowest BCUT2D eigenvalue weighted by Crippen LogP contribution is -2.36. The standard InChI is InChI=1S/C13H17F5OSi/c1-4-20(5-2,19-3)7-6-8-9(14)11(16)13(18)12(17)10(8)15/h4-7H2,1-3H3. The Bertz CT molecular complexity index is 451. The molecule has 1 nitrogen and oxygen atoms in total. The largest absolute Gasteiger partial charge is 0.420 e. The molecule has 0 saturated heterocycles. The van der Waals surface area contributed by atoms with Crippen LogP contribution in [-0.4, -0.2) is 15.4 Å². The first-order chi connectivity index (χ1) is 9.33. The molecule has 0 aliphatic carbocycles. The van der Waals surface area contributed by atoms with Gasteiger partial charge < -0.3 is 4.43 Å². The molecule has 114 valence electrons. The summed E-state index contributed by atoms with van der Waals surface area (Å²) in [5, 5.41) is 0. The molecule has 0 aromatic heterocycles. The van der Waals surface area contributed by atoms with Crippen LogP contribution >= 0.6 is 0 Å². The van der Waals surface area contributed by atoms with Gasteiger partial charge in [0.15, 0.2) is 31.6 Å². The van der Waals surface area contributed by atoms with Crippen LogP contribution in [-0.2, 0) is 10.8 Å². The number of halogens is 5. The van der Waals surface area contributed by atoms with E-state index in [2.05, 4.69) is 0 Å². The summed E-state index contributed by atoms with van der Waals surface area (Å²) in [6.45, 7) is 3.80. The van der Waals surface area contributed by atoms with Gasteiger partial charge in [-0.15, -0.1) is 0 Å². The van der Waals surface area contributed by atoms with Gasteiger partial charge in [-0.1, -0.05) is 13.8 Å². The summed E-state index contributed by atoms with van der Waals surface area (Å²) >= 11 is 0. The van der Waals surface area contributed by atoms with Gasteiger partial charge in [-0.05, 0) is 24.6 Å². The molecule has 0 aliphatic heterocycles. The van der Waals surface area contributed by atoms with Gasteiger partial charge in [0.2, 0.25) is 5.82 Å². The van der Waals surface area contributed by atoms with E-state index in [-0.39, 0.29) is 6.42 Å². The second kappa shape index (κ2) is 6.67. The van der Waals surface area contributed by atoms with Crippen LogP contribution in [0.4, 0.5) is 22.0 Å². The van der Waals surface area contributed by atoms with Crippen molar-refractivity contribution in [1.29, 1.82) is 0 Å². The molecule has 1 aromatic carbocycles. The average molecular weight is 312 g/mol. The summed E-state index contributed by atoms with van der Waals surface area (Å²) in [5.41, 5.74) is -0.753. The summed E-state index contributed by atoms with van der Waals surface area (Å²) in [7, 11) is -0.641. The van der Waals surface area contributed by atoms with Crippen LogP contribution in [0, 0.1) is 29.1 Å². The summed E-state index contributed by atoms with van der Waals surface area (Å²) < 4.78 is 71.6. The fourth-order valence-corrected chi connectivity index (χ4v) is 4.91. The zero-order chi connectivity index (χ0) is 15.5. The lowest BCUT2D eigenvalue weighted by molar-refractivity contribution is 0.367. The Morgan fingerprint density at radius 2 is 1.20 bits per heavy atom. The predicted octanol–water partition coefficient (Wildman–Crippen LogP) is 4.56. The number of hydrogen-bond acceptors (Lipinski definition) is 1. The van der Waals surface area contributed by atoms with Crippen molar-refractivity contribution in [2.45, 2.75) is 38.4 Å². The van der Waals surface area contributed by atoms with E-state index in [9.17, 15) is 22.0 Å². The van der Waals surface area contributed by atoms with Crippen molar-refractivity contribution >= 4 is 8.32 Å². The molecule has 7 heteroatoms. The van der Waals surface area contributed by atoms with E-state index in [1.165, 1.54) is 7.11 Å². The van der Waals surface area contributed by atoms with Crippen molar-refractivity contribution in [2.24, 2.45) is 0 Å². The highest BCUT2D eigenvalue weighted by atomic mass is 28.4. The van der Waals surface area contributed by atoms with Crippen LogP contribution in [0.5, 0.6) is 0 Å². The normalized spacial score (nSPS) is 12.0. The summed E-state index contributed by atoms with van der Waals surface area (Å²) in [6.07, 6.45) is -0.215. The zero-order valence-electron chi connectivity index (χ0n) is 11.6. The molecule has 1 aromatic rings. The quantitative estimate of drug-likeness (QED) is 0.324. The number of benzene rings is 1. The number of hydrogen-bond donors (Lipinski definition) is 0. The van der Waals surface area contributed by atoms with Gasteiger partial charge in [-0.2, -0.15) is 0 Å². The van der Waals surface area contributed by atoms with Crippen LogP contribution in [0.25, 0.3) is 0 Å². The van der Waals surface area contributed by atoms with Crippen molar-refractivity contribution in [3.8, 4) is 0 Å². The molecule has 0 aliphatic rings. The van der Waals surface area contributed by atoms with E-state index >= 15 is 0 Å². The minimum atomic E-state index is -2.17. The van der Waals surface area contributed by atoms with Gasteiger partial charge in [0.25, 0.3) is 0 Å². The minimum Gasteiger partial charge on any atom is -0.420 e. The summed E-state index contributed by atoms with van der Waals surface area (Å²) in [6, 6.07) is 1.75. The third kappa shape index (κ3) is 3.03. The molecule has 0 fully saturated rings. The van der Waals surface area contributed by atoms with Crippen LogP contribution < -0.4 is 0 Å². The van der Waals surface area contributed by atoms with Crippen molar-refractivity contribution in [3.05, 3.63) is 34.6 Å². The molecule has 0 spiro atoms. The fourth-order valence-electron chi connectivity index (χ4n) is 2.22. The second-order valence-corrected chi connectivity index (χ2v) is 9.33. The first-order valence-electron chi connectivity index (χ1n) is 6.39. The van der Waals surface area contributed by atoms with E-state index in [1.807, 2.05) is 13.8 Å². The van der Waals surface area contributed by atoms with Crippen molar-refractivity contribution < 1.29 is 26.4 Å². The predicted molar refractivity (Wildman–Crippen MR) is 68.5 cm³/mol. The maximum absolute atomic E-state index is 13.5. The van der Waals surface area contributed by atoms with E-state index in [4.69, 9.17) is 4.43 Å². The maximum atomic E-state index is 13.5. The Kier molecular flexibility index (Phi) is 5.70. The van der Waals surface area contributed by atoms with Crippen molar-refractivity contribution in [3.63, 3.8) is 0 Å². The highest BCUT2D eigenvalue weighted by Crippen LogP contribution is 2.28. The SMILES string of the molecule is CC[Si](CC)(CCc1c(F)c(F)c(F)c(F)c1F)OC. The summed E-state index contributed by atoms with van der Waals surface area (Å²) in [4.78, 5) is 0. The Balaban J connectivity index is 3.11. The van der Waals surface area contributed by atoms with Gasteiger partial charge in [-0.25, -0.2) is 22.0 Å². The third-order valence-electron chi connectivity index (χ3n) is 3.85. The maximum Gasteiger partial charge on any atom is 0.200 e. The molecule has 0 bridgehead atoms. The lowest BCUT2D eigenvalue weighted by Gasteiger charge is -2.27. The lowest BCUT2D eigenvalue weighted by atomic mass is 10.1. The molecule has 0 radical (unpaired) electrons. The van der Waals surface area contributed by atoms with Gasteiger partial charge >= 0.3 is 0 Å². The molecular weight excluding hydrogens is 295 g/mol. The summed E-state index contributed by atoms with van der Waals surface area (Å²) in [5.74, 6) is -9.39. The van der Waals surface area contributed by atoms with E-state index in [0.717, 1.165) is 12.1 Å². The van der Waals surface area contributed by atoms with Crippen LogP contribution in [0.15, 0.2) is 0 Å². The third-order valence-corrected chi connectivity index (χ3v) is 8.46. The molecular formula is C13H17F5OSi. The minimum absolute atomic E-state index is 0.215. The Labute approximate surface area is 115 Å². The first kappa shape index (κ1) is 17.1. The van der Waals surface area contributed by atoms with E-state index < -0.39 is 43.0 Å². The van der Waals surface area contributed by atoms with Crippen LogP contribution in [0.1, 0.15) is 19.4 Å². The fraction of sp³-hybridized carbons (Fsp3) is 0.538. The van der Waals surface area contributed by atoms with Crippen molar-refractivity contribution in [2.75, 3.05) is 7.11 Å². The molecule has 0 unspecified atom stereocenters. The second-order valence-electron chi connectivity index (χ2n) is 4.64. The molecule has 0 N–H and O–H groups in total. The average Bonchev–Trinajstić information content (AvgIpc) is 2.47. The van der Waals surface area contributed by atoms with E-state index in [1.54, 1.807) is 0 Å². The molecule has 0 amide bonds. The zero-order valence-corrected chi connectivity index (χ0v) is 12.6. The molecule has 0 saturated carbocycles. The molecule has 0 heterocycles. The van der Waals surface area contributed by atoms with Gasteiger partial charge in [0.1, 0.15) is 0 Å². The Morgan fingerprint density at radius 1 is 0.800 bits per heavy atom. The smallest absolute Gasteiger partial charge is 0.200 e. The van der Waals surface area contributed by atoms with Crippen LogP contribution in [0.2, 0.25) is 18.1 Å². The Morgan fingerprint density at radius 3 is 1.55 bits per heavy atom. The monoisotopic (exact) mass is 312 g/mol. The van der Waals surface area contributed by atoms with Crippen molar-refractivity contribution in [1.82, 2.24) is 0 Å². The van der Waals surface area contributed by atoms with Crippen LogP contribution in [0.3, 0.4) is 0 Å². The van der Waals surface area contributed by atoms with Gasteiger partial charge in [-0.3, -0.25) is 0 Å². The van der Waals surface area contributed by atoms with Gasteiger partial charge in [0, 0.05) is 12.7 Å². The highest BCUT2D eigenvalue weighted by molar-refractivity contribution is 6.73. The molecule has 1 rings (SSSR count). The Hall–Kier alpha value is -0.953. The molecule has 20 heavy (non-hydrogen) atoms. The van der Waals surface area contributed by atoms with Gasteiger partial charge in [0.05, 0.1) is 0 Å². The topological polar surface area (TPSA) is 9.23 Å². The first-order valence-corrected chi connectivity index (χ1v) is 8.92. The number of rotatable bonds is 6. The highest BCUT2D eigenvalue weighted by Gasteiger charge is 2.32. The molecule has 0 atom stereocenters.